The van der Waals surface area contributed by atoms with Gasteiger partial charge in [-0.05, 0) is 38.5 Å². The third-order valence-electron chi connectivity index (χ3n) is 4.26. The molecule has 0 fully saturated rings. The summed E-state index contributed by atoms with van der Waals surface area (Å²) in [6.07, 6.45) is 1.25. The quantitative estimate of drug-likeness (QED) is 0.790. The Hall–Kier alpha value is -3.42. The van der Waals surface area contributed by atoms with Crippen LogP contribution in [-0.2, 0) is 11.8 Å². The van der Waals surface area contributed by atoms with Crippen molar-refractivity contribution >= 4 is 23.4 Å². The fraction of sp³-hybridized carbons (Fsp3) is 0.222. The highest BCUT2D eigenvalue weighted by Gasteiger charge is 2.30. The lowest BCUT2D eigenvalue weighted by atomic mass is 10.1. The average molecular weight is 354 g/mol. The second-order valence-corrected chi connectivity index (χ2v) is 6.21. The minimum atomic E-state index is -0.774. The minimum absolute atomic E-state index is 0.171. The molecule has 1 aromatic carbocycles. The molecule has 134 valence electrons. The van der Waals surface area contributed by atoms with Gasteiger partial charge in [0.2, 0.25) is 5.88 Å². The van der Waals surface area contributed by atoms with Gasteiger partial charge in [0.05, 0.1) is 17.0 Å². The number of aromatic hydroxyl groups is 1. The Balaban J connectivity index is 2.10. The van der Waals surface area contributed by atoms with Gasteiger partial charge in [0.1, 0.15) is 5.56 Å². The first-order chi connectivity index (χ1) is 12.2. The highest BCUT2D eigenvalue weighted by atomic mass is 16.3. The number of rotatable bonds is 2. The molecule has 2 aromatic rings. The van der Waals surface area contributed by atoms with Crippen molar-refractivity contribution in [1.29, 1.82) is 0 Å². The van der Waals surface area contributed by atoms with E-state index in [1.54, 1.807) is 13.0 Å². The van der Waals surface area contributed by atoms with Gasteiger partial charge >= 0.3 is 5.69 Å². The summed E-state index contributed by atoms with van der Waals surface area (Å²) >= 11 is 0. The highest BCUT2D eigenvalue weighted by Crippen LogP contribution is 2.28. The summed E-state index contributed by atoms with van der Waals surface area (Å²) in [6, 6.07) is 5.63. The predicted octanol–water partition coefficient (Wildman–Crippen LogP) is 1.20. The molecule has 8 nitrogen and oxygen atoms in total. The van der Waals surface area contributed by atoms with E-state index in [2.05, 4.69) is 10.1 Å². The summed E-state index contributed by atoms with van der Waals surface area (Å²) in [4.78, 5) is 38.4. The molecule has 1 aliphatic heterocycles. The number of nitrogens with one attached hydrogen (secondary N) is 1. The van der Waals surface area contributed by atoms with Crippen molar-refractivity contribution in [3.8, 4) is 5.88 Å². The number of nitrogens with zero attached hydrogens (tertiary/aromatic N) is 3. The fourth-order valence-electron chi connectivity index (χ4n) is 2.79. The standard InChI is InChI=1S/C18H18N4O4/c1-9-5-6-14(10(2)7-9)22-17(25)12(11(3)20-22)8-13-15(23)19-18(26)21(4)16(13)24/h5-8,24H,1-4H3,(H,19,23,26)/b12-8-. The molecule has 3 rings (SSSR count). The van der Waals surface area contributed by atoms with Gasteiger partial charge in [0, 0.05) is 7.05 Å². The number of H-pyrrole nitrogens is 1. The number of carbonyl (C=O) groups is 1. The van der Waals surface area contributed by atoms with Crippen LogP contribution >= 0.6 is 0 Å². The molecule has 1 aliphatic rings. The molecule has 1 amide bonds. The molecule has 8 heteroatoms. The fourth-order valence-corrected chi connectivity index (χ4v) is 2.79. The summed E-state index contributed by atoms with van der Waals surface area (Å²) in [5.41, 5.74) is 1.48. The van der Waals surface area contributed by atoms with E-state index in [1.807, 2.05) is 26.0 Å². The van der Waals surface area contributed by atoms with E-state index < -0.39 is 23.0 Å². The predicted molar refractivity (Wildman–Crippen MR) is 98.5 cm³/mol. The Labute approximate surface area is 148 Å². The lowest BCUT2D eigenvalue weighted by molar-refractivity contribution is -0.114. The van der Waals surface area contributed by atoms with Crippen LogP contribution in [0.25, 0.3) is 6.08 Å². The normalized spacial score (nSPS) is 15.7. The average Bonchev–Trinajstić information content (AvgIpc) is 2.84. The van der Waals surface area contributed by atoms with Crippen LogP contribution in [0.3, 0.4) is 0 Å². The molecule has 0 atom stereocenters. The van der Waals surface area contributed by atoms with Gasteiger partial charge in [-0.2, -0.15) is 10.1 Å². The molecule has 0 saturated heterocycles. The Kier molecular flexibility index (Phi) is 4.11. The monoisotopic (exact) mass is 354 g/mol. The van der Waals surface area contributed by atoms with Crippen LogP contribution < -0.4 is 16.3 Å². The van der Waals surface area contributed by atoms with Crippen molar-refractivity contribution in [1.82, 2.24) is 9.55 Å². The van der Waals surface area contributed by atoms with Crippen LogP contribution in [0.15, 0.2) is 38.5 Å². The number of aromatic amines is 1. The van der Waals surface area contributed by atoms with Crippen molar-refractivity contribution in [2.75, 3.05) is 5.01 Å². The second-order valence-electron chi connectivity index (χ2n) is 6.21. The summed E-state index contributed by atoms with van der Waals surface area (Å²) in [5.74, 6) is -0.932. The van der Waals surface area contributed by atoms with E-state index in [1.165, 1.54) is 18.1 Å². The smallest absolute Gasteiger partial charge is 0.330 e. The molecular formula is C18H18N4O4. The van der Waals surface area contributed by atoms with Crippen LogP contribution in [0.5, 0.6) is 5.88 Å². The van der Waals surface area contributed by atoms with Crippen LogP contribution in [0.2, 0.25) is 0 Å². The van der Waals surface area contributed by atoms with Gasteiger partial charge in [-0.1, -0.05) is 17.7 Å². The minimum Gasteiger partial charge on any atom is -0.494 e. The summed E-state index contributed by atoms with van der Waals surface area (Å²) in [7, 11) is 1.31. The van der Waals surface area contributed by atoms with Crippen molar-refractivity contribution in [3.63, 3.8) is 0 Å². The van der Waals surface area contributed by atoms with E-state index in [9.17, 15) is 19.5 Å². The van der Waals surface area contributed by atoms with E-state index >= 15 is 0 Å². The van der Waals surface area contributed by atoms with Gasteiger partial charge in [-0.15, -0.1) is 0 Å². The van der Waals surface area contributed by atoms with Crippen LogP contribution in [0.4, 0.5) is 5.69 Å². The van der Waals surface area contributed by atoms with E-state index in [-0.39, 0.29) is 11.1 Å². The third-order valence-corrected chi connectivity index (χ3v) is 4.26. The molecule has 0 aliphatic carbocycles. The number of carbonyl (C=O) groups excluding carboxylic acids is 1. The zero-order chi connectivity index (χ0) is 19.2. The van der Waals surface area contributed by atoms with Crippen molar-refractivity contribution in [2.45, 2.75) is 20.8 Å². The molecule has 2 N–H and O–H groups in total. The Morgan fingerprint density at radius 3 is 2.50 bits per heavy atom. The Morgan fingerprint density at radius 1 is 1.15 bits per heavy atom. The number of hydrogen-bond acceptors (Lipinski definition) is 5. The second kappa shape index (κ2) is 6.14. The lowest BCUT2D eigenvalue weighted by Crippen LogP contribution is -2.30. The number of hydrogen-bond donors (Lipinski definition) is 2. The van der Waals surface area contributed by atoms with Gasteiger partial charge < -0.3 is 5.11 Å². The van der Waals surface area contributed by atoms with E-state index in [0.29, 0.717) is 11.4 Å². The first kappa shape index (κ1) is 17.4. The Bertz CT molecular complexity index is 1110. The summed E-state index contributed by atoms with van der Waals surface area (Å²) < 4.78 is 0.890. The van der Waals surface area contributed by atoms with E-state index in [0.717, 1.165) is 15.7 Å². The SMILES string of the molecule is CC1=NN(c2ccc(C)cc2C)C(=O)/C1=C\c1c(O)n(C)c(=O)[nH]c1=O. The number of anilines is 1. The van der Waals surface area contributed by atoms with Crippen LogP contribution in [0.1, 0.15) is 23.6 Å². The number of hydrazone groups is 1. The highest BCUT2D eigenvalue weighted by molar-refractivity contribution is 6.32. The first-order valence-corrected chi connectivity index (χ1v) is 7.92. The summed E-state index contributed by atoms with van der Waals surface area (Å²) in [5, 5.41) is 15.6. The van der Waals surface area contributed by atoms with Crippen LogP contribution in [0, 0.1) is 13.8 Å². The molecule has 0 saturated carbocycles. The maximum absolute atomic E-state index is 12.8. The number of aryl methyl sites for hydroxylation is 2. The third kappa shape index (κ3) is 2.75. The number of aromatic nitrogens is 2. The maximum atomic E-state index is 12.8. The number of benzene rings is 1. The maximum Gasteiger partial charge on any atom is 0.330 e. The molecule has 0 bridgehead atoms. The van der Waals surface area contributed by atoms with Gasteiger partial charge in [0.25, 0.3) is 11.5 Å². The van der Waals surface area contributed by atoms with Gasteiger partial charge in [0.15, 0.2) is 0 Å². The largest absolute Gasteiger partial charge is 0.494 e. The Morgan fingerprint density at radius 2 is 1.85 bits per heavy atom. The zero-order valence-electron chi connectivity index (χ0n) is 14.8. The van der Waals surface area contributed by atoms with Crippen molar-refractivity contribution in [2.24, 2.45) is 12.1 Å². The lowest BCUT2D eigenvalue weighted by Gasteiger charge is -2.15. The number of amides is 1. The van der Waals surface area contributed by atoms with Crippen molar-refractivity contribution in [3.05, 3.63) is 61.3 Å². The zero-order valence-corrected chi connectivity index (χ0v) is 14.8. The first-order valence-electron chi connectivity index (χ1n) is 7.92. The molecule has 1 aromatic heterocycles. The van der Waals surface area contributed by atoms with Gasteiger partial charge in [-0.25, -0.2) is 4.79 Å². The van der Waals surface area contributed by atoms with Gasteiger partial charge in [-0.3, -0.25) is 19.1 Å². The summed E-state index contributed by atoms with van der Waals surface area (Å²) in [6.45, 7) is 5.48. The van der Waals surface area contributed by atoms with Crippen molar-refractivity contribution < 1.29 is 9.90 Å². The molecular weight excluding hydrogens is 336 g/mol. The molecule has 0 spiro atoms. The van der Waals surface area contributed by atoms with Crippen LogP contribution in [-0.4, -0.2) is 26.3 Å². The van der Waals surface area contributed by atoms with E-state index in [4.69, 9.17) is 0 Å². The molecule has 0 radical (unpaired) electrons. The molecule has 0 unspecified atom stereocenters. The topological polar surface area (TPSA) is 108 Å². The molecule has 26 heavy (non-hydrogen) atoms. The molecule has 2 heterocycles.